The van der Waals surface area contributed by atoms with Crippen molar-refractivity contribution in [3.63, 3.8) is 0 Å². The molecule has 106 valence electrons. The third-order valence-electron chi connectivity index (χ3n) is 2.88. The normalized spacial score (nSPS) is 11.9. The van der Waals surface area contributed by atoms with Crippen LogP contribution < -0.4 is 14.8 Å². The number of rotatable bonds is 7. The lowest BCUT2D eigenvalue weighted by Crippen LogP contribution is -2.28. The summed E-state index contributed by atoms with van der Waals surface area (Å²) in [5.41, 5.74) is 1.16. The van der Waals surface area contributed by atoms with Gasteiger partial charge in [0.2, 0.25) is 0 Å². The minimum Gasteiger partial charge on any atom is -0.493 e. The van der Waals surface area contributed by atoms with Crippen LogP contribution in [0.4, 0.5) is 0 Å². The van der Waals surface area contributed by atoms with E-state index >= 15 is 0 Å². The Bertz CT molecular complexity index is 517. The highest BCUT2D eigenvalue weighted by molar-refractivity contribution is 5.39. The van der Waals surface area contributed by atoms with Gasteiger partial charge in [0.25, 0.3) is 0 Å². The molecule has 0 spiro atoms. The molecule has 4 nitrogen and oxygen atoms in total. The fraction of sp³-hybridized carbons (Fsp3) is 0.312. The predicted molar refractivity (Wildman–Crippen MR) is 79.0 cm³/mol. The molecule has 0 fully saturated rings. The van der Waals surface area contributed by atoms with Gasteiger partial charge in [-0.15, -0.1) is 0 Å². The minimum absolute atomic E-state index is 0.0583. The van der Waals surface area contributed by atoms with Crippen molar-refractivity contribution >= 4 is 0 Å². The topological polar surface area (TPSA) is 43.4 Å². The van der Waals surface area contributed by atoms with Crippen LogP contribution in [0.5, 0.6) is 11.5 Å². The van der Waals surface area contributed by atoms with Crippen molar-refractivity contribution in [3.8, 4) is 11.5 Å². The maximum absolute atomic E-state index is 5.87. The molecule has 0 radical (unpaired) electrons. The molecule has 1 aromatic carbocycles. The highest BCUT2D eigenvalue weighted by Gasteiger charge is 2.07. The van der Waals surface area contributed by atoms with E-state index in [-0.39, 0.29) is 6.10 Å². The molecule has 0 bridgehead atoms. The molecule has 1 N–H and O–H groups in total. The Labute approximate surface area is 119 Å². The third kappa shape index (κ3) is 4.24. The summed E-state index contributed by atoms with van der Waals surface area (Å²) in [7, 11) is 1.65. The van der Waals surface area contributed by atoms with Gasteiger partial charge in [0.1, 0.15) is 6.10 Å². The van der Waals surface area contributed by atoms with Crippen molar-refractivity contribution < 1.29 is 9.47 Å². The van der Waals surface area contributed by atoms with E-state index in [0.717, 1.165) is 30.2 Å². The smallest absolute Gasteiger partial charge is 0.161 e. The van der Waals surface area contributed by atoms with Crippen molar-refractivity contribution in [1.29, 1.82) is 0 Å². The monoisotopic (exact) mass is 272 g/mol. The van der Waals surface area contributed by atoms with Gasteiger partial charge in [0, 0.05) is 25.5 Å². The summed E-state index contributed by atoms with van der Waals surface area (Å²) in [4.78, 5) is 4.09. The van der Waals surface area contributed by atoms with E-state index in [4.69, 9.17) is 9.47 Å². The number of nitrogens with one attached hydrogen (secondary N) is 1. The molecule has 1 heterocycles. The summed E-state index contributed by atoms with van der Waals surface area (Å²) >= 11 is 0. The van der Waals surface area contributed by atoms with Crippen LogP contribution in [0.2, 0.25) is 0 Å². The van der Waals surface area contributed by atoms with Crippen molar-refractivity contribution in [1.82, 2.24) is 10.3 Å². The molecule has 2 rings (SSSR count). The molecule has 0 aliphatic heterocycles. The van der Waals surface area contributed by atoms with E-state index in [2.05, 4.69) is 10.3 Å². The molecule has 0 amide bonds. The Hall–Kier alpha value is -2.07. The largest absolute Gasteiger partial charge is 0.493 e. The molecule has 2 aromatic rings. The number of ether oxygens (including phenoxy) is 2. The second kappa shape index (κ2) is 7.50. The Morgan fingerprint density at radius 3 is 2.65 bits per heavy atom. The number of hydrogen-bond donors (Lipinski definition) is 1. The number of nitrogens with zero attached hydrogens (tertiary/aromatic N) is 1. The predicted octanol–water partition coefficient (Wildman–Crippen LogP) is 2.65. The van der Waals surface area contributed by atoms with Crippen LogP contribution in [-0.2, 0) is 6.54 Å². The van der Waals surface area contributed by atoms with E-state index in [9.17, 15) is 0 Å². The Morgan fingerprint density at radius 1 is 1.15 bits per heavy atom. The van der Waals surface area contributed by atoms with Gasteiger partial charge >= 0.3 is 0 Å². The van der Waals surface area contributed by atoms with Gasteiger partial charge in [-0.05, 0) is 30.7 Å². The summed E-state index contributed by atoms with van der Waals surface area (Å²) in [6.45, 7) is 3.57. The SMILES string of the molecule is COc1ccccc1OC(C)CNCc1cccnc1. The number of pyridine rings is 1. The molecule has 0 saturated carbocycles. The standard InChI is InChI=1S/C16H20N2O2/c1-13(10-18-12-14-6-5-9-17-11-14)20-16-8-4-3-7-15(16)19-2/h3-9,11,13,18H,10,12H2,1-2H3. The first-order valence-corrected chi connectivity index (χ1v) is 6.69. The van der Waals surface area contributed by atoms with E-state index in [0.29, 0.717) is 0 Å². The number of para-hydroxylation sites is 2. The average Bonchev–Trinajstić information content (AvgIpc) is 2.49. The second-order valence-electron chi connectivity index (χ2n) is 4.57. The first kappa shape index (κ1) is 14.3. The van der Waals surface area contributed by atoms with Crippen LogP contribution in [0.15, 0.2) is 48.8 Å². The van der Waals surface area contributed by atoms with Crippen molar-refractivity contribution in [2.45, 2.75) is 19.6 Å². The molecule has 1 atom stereocenters. The van der Waals surface area contributed by atoms with E-state index < -0.39 is 0 Å². The second-order valence-corrected chi connectivity index (χ2v) is 4.57. The molecular formula is C16H20N2O2. The number of methoxy groups -OCH3 is 1. The van der Waals surface area contributed by atoms with Crippen LogP contribution in [0, 0.1) is 0 Å². The number of aromatic nitrogens is 1. The van der Waals surface area contributed by atoms with Gasteiger partial charge in [-0.2, -0.15) is 0 Å². The lowest BCUT2D eigenvalue weighted by molar-refractivity contribution is 0.207. The van der Waals surface area contributed by atoms with Gasteiger partial charge in [0.05, 0.1) is 7.11 Å². The maximum Gasteiger partial charge on any atom is 0.161 e. The Balaban J connectivity index is 1.79. The third-order valence-corrected chi connectivity index (χ3v) is 2.88. The molecule has 20 heavy (non-hydrogen) atoms. The van der Waals surface area contributed by atoms with Gasteiger partial charge < -0.3 is 14.8 Å². The van der Waals surface area contributed by atoms with Crippen molar-refractivity contribution in [3.05, 3.63) is 54.4 Å². The summed E-state index contributed by atoms with van der Waals surface area (Å²) in [6, 6.07) is 11.7. The molecule has 4 heteroatoms. The Kier molecular flexibility index (Phi) is 5.38. The van der Waals surface area contributed by atoms with E-state index in [1.165, 1.54) is 0 Å². The van der Waals surface area contributed by atoms with Gasteiger partial charge in [-0.1, -0.05) is 18.2 Å². The lowest BCUT2D eigenvalue weighted by Gasteiger charge is -2.17. The first-order chi connectivity index (χ1) is 9.79. The van der Waals surface area contributed by atoms with E-state index in [1.807, 2.05) is 49.5 Å². The zero-order valence-electron chi connectivity index (χ0n) is 11.9. The summed E-state index contributed by atoms with van der Waals surface area (Å²) in [6.07, 6.45) is 3.69. The van der Waals surface area contributed by atoms with Crippen molar-refractivity contribution in [2.75, 3.05) is 13.7 Å². The number of hydrogen-bond acceptors (Lipinski definition) is 4. The zero-order valence-corrected chi connectivity index (χ0v) is 11.9. The van der Waals surface area contributed by atoms with Gasteiger partial charge in [0.15, 0.2) is 11.5 Å². The molecular weight excluding hydrogens is 252 g/mol. The summed E-state index contributed by atoms with van der Waals surface area (Å²) < 4.78 is 11.1. The van der Waals surface area contributed by atoms with Crippen LogP contribution in [-0.4, -0.2) is 24.7 Å². The lowest BCUT2D eigenvalue weighted by atomic mass is 10.3. The first-order valence-electron chi connectivity index (χ1n) is 6.69. The fourth-order valence-electron chi connectivity index (χ4n) is 1.90. The quantitative estimate of drug-likeness (QED) is 0.841. The van der Waals surface area contributed by atoms with Crippen LogP contribution in [0.25, 0.3) is 0 Å². The molecule has 1 aromatic heterocycles. The van der Waals surface area contributed by atoms with Crippen molar-refractivity contribution in [2.24, 2.45) is 0 Å². The number of benzene rings is 1. The van der Waals surface area contributed by atoms with Crippen LogP contribution >= 0.6 is 0 Å². The molecule has 0 saturated heterocycles. The van der Waals surface area contributed by atoms with E-state index in [1.54, 1.807) is 13.3 Å². The minimum atomic E-state index is 0.0583. The summed E-state index contributed by atoms with van der Waals surface area (Å²) in [5.74, 6) is 1.53. The van der Waals surface area contributed by atoms with Gasteiger partial charge in [-0.3, -0.25) is 4.98 Å². The van der Waals surface area contributed by atoms with Crippen LogP contribution in [0.3, 0.4) is 0 Å². The fourth-order valence-corrected chi connectivity index (χ4v) is 1.90. The zero-order chi connectivity index (χ0) is 14.2. The van der Waals surface area contributed by atoms with Crippen LogP contribution in [0.1, 0.15) is 12.5 Å². The van der Waals surface area contributed by atoms with Gasteiger partial charge in [-0.25, -0.2) is 0 Å². The molecule has 1 unspecified atom stereocenters. The highest BCUT2D eigenvalue weighted by Crippen LogP contribution is 2.26. The molecule has 0 aliphatic carbocycles. The maximum atomic E-state index is 5.87. The molecule has 0 aliphatic rings. The summed E-state index contributed by atoms with van der Waals surface area (Å²) in [5, 5.41) is 3.35. The average molecular weight is 272 g/mol. The Morgan fingerprint density at radius 2 is 1.95 bits per heavy atom. The highest BCUT2D eigenvalue weighted by atomic mass is 16.5.